The van der Waals surface area contributed by atoms with Gasteiger partial charge in [-0.25, -0.2) is 4.68 Å². The van der Waals surface area contributed by atoms with E-state index in [0.717, 1.165) is 23.2 Å². The molecule has 0 radical (unpaired) electrons. The first-order chi connectivity index (χ1) is 14.7. The fourth-order valence-electron chi connectivity index (χ4n) is 3.00. The molecule has 150 valence electrons. The Balaban J connectivity index is 1.40. The second kappa shape index (κ2) is 9.23. The number of carbonyl (C=O) groups is 1. The molecule has 0 aliphatic carbocycles. The summed E-state index contributed by atoms with van der Waals surface area (Å²) in [5, 5.41) is 11.6. The maximum absolute atomic E-state index is 12.5. The molecule has 0 spiro atoms. The molecule has 8 heteroatoms. The molecule has 2 heterocycles. The summed E-state index contributed by atoms with van der Waals surface area (Å²) in [5.74, 6) is 6.63. The van der Waals surface area contributed by atoms with Crippen LogP contribution in [0.25, 0.3) is 11.4 Å². The van der Waals surface area contributed by atoms with Crippen LogP contribution >= 0.6 is 11.8 Å². The Morgan fingerprint density at radius 3 is 2.60 bits per heavy atom. The van der Waals surface area contributed by atoms with Gasteiger partial charge in [-0.1, -0.05) is 60.3 Å². The fraction of sp³-hybridized carbons (Fsp3) is 0.0909. The maximum Gasteiger partial charge on any atom is 0.234 e. The number of benzene rings is 2. The van der Waals surface area contributed by atoms with Crippen molar-refractivity contribution in [3.05, 3.63) is 90.3 Å². The number of rotatable bonds is 7. The summed E-state index contributed by atoms with van der Waals surface area (Å²) in [5.41, 5.74) is 3.81. The molecule has 0 aliphatic rings. The molecule has 3 N–H and O–H groups in total. The highest BCUT2D eigenvalue weighted by Gasteiger charge is 2.14. The fourth-order valence-corrected chi connectivity index (χ4v) is 3.65. The van der Waals surface area contributed by atoms with Crippen LogP contribution < -0.4 is 11.2 Å². The number of para-hydroxylation sites is 1. The Bertz CT molecular complexity index is 1130. The quantitative estimate of drug-likeness (QED) is 0.354. The molecule has 2 aromatic heterocycles. The molecule has 7 nitrogen and oxygen atoms in total. The second-order valence-corrected chi connectivity index (χ2v) is 7.52. The molecule has 0 unspecified atom stereocenters. The molecule has 0 fully saturated rings. The molecule has 1 amide bonds. The third-order valence-electron chi connectivity index (χ3n) is 4.45. The Morgan fingerprint density at radius 1 is 1.00 bits per heavy atom. The molecule has 30 heavy (non-hydrogen) atoms. The number of hydrogen-bond acceptors (Lipinski definition) is 6. The van der Waals surface area contributed by atoms with E-state index in [1.165, 1.54) is 22.0 Å². The van der Waals surface area contributed by atoms with Crippen LogP contribution in [0, 0.1) is 0 Å². The van der Waals surface area contributed by atoms with E-state index in [1.54, 1.807) is 18.5 Å². The molecule has 4 aromatic rings. The number of carbonyl (C=O) groups excluding carboxylic acids is 1. The van der Waals surface area contributed by atoms with E-state index in [-0.39, 0.29) is 11.7 Å². The number of nitrogen functional groups attached to an aromatic ring is 1. The first-order valence-electron chi connectivity index (χ1n) is 9.36. The highest BCUT2D eigenvalue weighted by atomic mass is 32.2. The second-order valence-electron chi connectivity index (χ2n) is 6.57. The van der Waals surface area contributed by atoms with Crippen LogP contribution in [0.1, 0.15) is 11.1 Å². The van der Waals surface area contributed by atoms with E-state index < -0.39 is 0 Å². The van der Waals surface area contributed by atoms with Crippen LogP contribution in [0.2, 0.25) is 0 Å². The van der Waals surface area contributed by atoms with Crippen molar-refractivity contribution < 1.29 is 4.79 Å². The number of nitrogens with two attached hydrogens (primary N) is 1. The van der Waals surface area contributed by atoms with Crippen molar-refractivity contribution in [3.8, 4) is 11.4 Å². The summed E-state index contributed by atoms with van der Waals surface area (Å²) in [7, 11) is 0. The third-order valence-corrected chi connectivity index (χ3v) is 5.39. The first kappa shape index (κ1) is 19.7. The van der Waals surface area contributed by atoms with Gasteiger partial charge in [-0.3, -0.25) is 9.78 Å². The van der Waals surface area contributed by atoms with E-state index in [1.807, 2.05) is 48.5 Å². The standard InChI is InChI=1S/C22H20N6OS/c23-28-21(18-10-6-12-24-14-18)26-27-22(28)30-15-20(29)25-19-11-5-4-9-17(19)13-16-7-2-1-3-8-16/h1-12,14H,13,15,23H2,(H,25,29). The van der Waals surface area contributed by atoms with Gasteiger partial charge in [-0.15, -0.1) is 10.2 Å². The minimum absolute atomic E-state index is 0.133. The van der Waals surface area contributed by atoms with Gasteiger partial charge in [0.05, 0.1) is 5.75 Å². The average Bonchev–Trinajstić information content (AvgIpc) is 3.15. The van der Waals surface area contributed by atoms with Crippen molar-refractivity contribution in [2.45, 2.75) is 11.6 Å². The van der Waals surface area contributed by atoms with Gasteiger partial charge in [-0.05, 0) is 35.7 Å². The van der Waals surface area contributed by atoms with Crippen molar-refractivity contribution in [1.82, 2.24) is 19.9 Å². The first-order valence-corrected chi connectivity index (χ1v) is 10.3. The number of anilines is 1. The lowest BCUT2D eigenvalue weighted by atomic mass is 10.0. The van der Waals surface area contributed by atoms with Crippen molar-refractivity contribution >= 4 is 23.4 Å². The van der Waals surface area contributed by atoms with Crippen LogP contribution in [0.3, 0.4) is 0 Å². The lowest BCUT2D eigenvalue weighted by Crippen LogP contribution is -2.17. The summed E-state index contributed by atoms with van der Waals surface area (Å²) in [6.07, 6.45) is 4.09. The van der Waals surface area contributed by atoms with Crippen LogP contribution in [0.15, 0.2) is 84.3 Å². The lowest BCUT2D eigenvalue weighted by molar-refractivity contribution is -0.113. The Hall–Kier alpha value is -3.65. The third kappa shape index (κ3) is 4.66. The number of hydrogen-bond donors (Lipinski definition) is 2. The van der Waals surface area contributed by atoms with Gasteiger partial charge in [0.2, 0.25) is 11.1 Å². The van der Waals surface area contributed by atoms with Gasteiger partial charge in [-0.2, -0.15) is 0 Å². The van der Waals surface area contributed by atoms with E-state index in [9.17, 15) is 4.79 Å². The van der Waals surface area contributed by atoms with Crippen molar-refractivity contribution in [3.63, 3.8) is 0 Å². The highest BCUT2D eigenvalue weighted by molar-refractivity contribution is 7.99. The predicted molar refractivity (Wildman–Crippen MR) is 118 cm³/mol. The SMILES string of the molecule is Nn1c(SCC(=O)Nc2ccccc2Cc2ccccc2)nnc1-c1cccnc1. The summed E-state index contributed by atoms with van der Waals surface area (Å²) < 4.78 is 1.37. The molecule has 0 saturated carbocycles. The zero-order valence-electron chi connectivity index (χ0n) is 16.1. The molecule has 0 atom stereocenters. The van der Waals surface area contributed by atoms with Gasteiger partial charge in [0.1, 0.15) is 0 Å². The van der Waals surface area contributed by atoms with Crippen molar-refractivity contribution in [2.75, 3.05) is 16.9 Å². The molecule has 0 bridgehead atoms. The van der Waals surface area contributed by atoms with E-state index in [2.05, 4.69) is 32.6 Å². The normalized spacial score (nSPS) is 10.7. The Morgan fingerprint density at radius 2 is 1.80 bits per heavy atom. The number of nitrogens with zero attached hydrogens (tertiary/aromatic N) is 4. The topological polar surface area (TPSA) is 98.7 Å². The number of nitrogens with one attached hydrogen (secondary N) is 1. The van der Waals surface area contributed by atoms with E-state index in [0.29, 0.717) is 11.0 Å². The minimum atomic E-state index is -0.133. The van der Waals surface area contributed by atoms with Gasteiger partial charge in [0, 0.05) is 23.6 Å². The number of pyridine rings is 1. The monoisotopic (exact) mass is 416 g/mol. The number of aromatic nitrogens is 4. The molecule has 4 rings (SSSR count). The number of thioether (sulfide) groups is 1. The van der Waals surface area contributed by atoms with Gasteiger partial charge >= 0.3 is 0 Å². The average molecular weight is 417 g/mol. The summed E-state index contributed by atoms with van der Waals surface area (Å²) in [6, 6.07) is 21.6. The molecule has 0 aliphatic heterocycles. The predicted octanol–water partition coefficient (Wildman–Crippen LogP) is 3.38. The van der Waals surface area contributed by atoms with Crippen LogP contribution in [-0.2, 0) is 11.2 Å². The number of amides is 1. The largest absolute Gasteiger partial charge is 0.335 e. The van der Waals surface area contributed by atoms with Crippen LogP contribution in [0.4, 0.5) is 5.69 Å². The van der Waals surface area contributed by atoms with E-state index in [4.69, 9.17) is 5.84 Å². The minimum Gasteiger partial charge on any atom is -0.335 e. The Kier molecular flexibility index (Phi) is 6.05. The van der Waals surface area contributed by atoms with Crippen LogP contribution in [-0.4, -0.2) is 31.5 Å². The molecular weight excluding hydrogens is 396 g/mol. The maximum atomic E-state index is 12.5. The van der Waals surface area contributed by atoms with Gasteiger partial charge in [0.25, 0.3) is 0 Å². The van der Waals surface area contributed by atoms with Gasteiger partial charge < -0.3 is 11.2 Å². The summed E-state index contributed by atoms with van der Waals surface area (Å²) in [6.45, 7) is 0. The molecule has 2 aromatic carbocycles. The molecular formula is C22H20N6OS. The van der Waals surface area contributed by atoms with Crippen molar-refractivity contribution in [2.24, 2.45) is 0 Å². The zero-order valence-corrected chi connectivity index (χ0v) is 16.9. The van der Waals surface area contributed by atoms with Crippen LogP contribution in [0.5, 0.6) is 0 Å². The lowest BCUT2D eigenvalue weighted by Gasteiger charge is -2.11. The Labute approximate surface area is 178 Å². The molecule has 0 saturated heterocycles. The van der Waals surface area contributed by atoms with Gasteiger partial charge in [0.15, 0.2) is 5.82 Å². The summed E-state index contributed by atoms with van der Waals surface area (Å²) in [4.78, 5) is 16.6. The van der Waals surface area contributed by atoms with Crippen molar-refractivity contribution in [1.29, 1.82) is 0 Å². The summed E-state index contributed by atoms with van der Waals surface area (Å²) >= 11 is 1.23. The highest BCUT2D eigenvalue weighted by Crippen LogP contribution is 2.22. The smallest absolute Gasteiger partial charge is 0.234 e. The zero-order chi connectivity index (χ0) is 20.8. The van der Waals surface area contributed by atoms with E-state index >= 15 is 0 Å².